The number of hydrogen-bond acceptors (Lipinski definition) is 3. The van der Waals surface area contributed by atoms with E-state index in [1.807, 2.05) is 50.2 Å². The first kappa shape index (κ1) is 21.0. The van der Waals surface area contributed by atoms with E-state index in [1.165, 1.54) is 0 Å². The molecule has 1 aromatic carbocycles. The summed E-state index contributed by atoms with van der Waals surface area (Å²) in [6.07, 6.45) is 0. The highest BCUT2D eigenvalue weighted by molar-refractivity contribution is 5.94. The van der Waals surface area contributed by atoms with Crippen molar-refractivity contribution in [3.05, 3.63) is 35.4 Å². The van der Waals surface area contributed by atoms with Gasteiger partial charge < -0.3 is 20.9 Å². The maximum absolute atomic E-state index is 12.2. The molecule has 0 saturated carbocycles. The number of aliphatic imine (C=N–C) groups is 1. The van der Waals surface area contributed by atoms with Crippen LogP contribution in [0.15, 0.2) is 29.3 Å². The third-order valence-corrected chi connectivity index (χ3v) is 3.48. The lowest BCUT2D eigenvalue weighted by Gasteiger charge is -2.13. The van der Waals surface area contributed by atoms with Crippen LogP contribution in [0.3, 0.4) is 0 Å². The molecule has 1 amide bonds. The van der Waals surface area contributed by atoms with E-state index < -0.39 is 0 Å². The largest absolute Gasteiger partial charge is 0.357 e. The third kappa shape index (κ3) is 9.10. The van der Waals surface area contributed by atoms with Crippen molar-refractivity contribution in [1.82, 2.24) is 20.9 Å². The molecule has 0 spiro atoms. The zero-order valence-corrected chi connectivity index (χ0v) is 16.2. The Morgan fingerprint density at radius 2 is 1.96 bits per heavy atom. The van der Waals surface area contributed by atoms with E-state index in [0.29, 0.717) is 24.6 Å². The first-order chi connectivity index (χ1) is 11.9. The molecule has 0 aliphatic carbocycles. The van der Waals surface area contributed by atoms with E-state index >= 15 is 0 Å². The van der Waals surface area contributed by atoms with Crippen LogP contribution < -0.4 is 16.0 Å². The molecule has 6 heteroatoms. The molecule has 6 nitrogen and oxygen atoms in total. The van der Waals surface area contributed by atoms with Crippen molar-refractivity contribution in [1.29, 1.82) is 0 Å². The number of hydrogen-bond donors (Lipinski definition) is 3. The molecular weight excluding hydrogens is 314 g/mol. The number of guanidine groups is 1. The van der Waals surface area contributed by atoms with Crippen molar-refractivity contribution in [3.8, 4) is 0 Å². The van der Waals surface area contributed by atoms with E-state index in [2.05, 4.69) is 34.8 Å². The predicted octanol–water partition coefficient (Wildman–Crippen LogP) is 1.69. The van der Waals surface area contributed by atoms with E-state index in [4.69, 9.17) is 0 Å². The number of benzene rings is 1. The molecule has 140 valence electrons. The molecule has 1 aromatic rings. The molecule has 0 fully saturated rings. The molecule has 0 bridgehead atoms. The molecule has 1 rings (SSSR count). The standard InChI is InChI=1S/C19H33N5O/c1-6-20-19(22-13-15(2)3)23-14-16-8-7-9-17(12-16)18(25)21-10-11-24(4)5/h7-9,12,15H,6,10-11,13-14H2,1-5H3,(H,21,25)(H2,20,22,23). The smallest absolute Gasteiger partial charge is 0.251 e. The molecule has 25 heavy (non-hydrogen) atoms. The van der Waals surface area contributed by atoms with Gasteiger partial charge in [-0.1, -0.05) is 26.0 Å². The second-order valence-corrected chi connectivity index (χ2v) is 6.73. The molecule has 3 N–H and O–H groups in total. The zero-order chi connectivity index (χ0) is 18.7. The van der Waals surface area contributed by atoms with Crippen molar-refractivity contribution in [2.75, 3.05) is 40.3 Å². The molecule has 0 saturated heterocycles. The van der Waals surface area contributed by atoms with Crippen LogP contribution in [-0.2, 0) is 6.54 Å². The van der Waals surface area contributed by atoms with Crippen molar-refractivity contribution in [2.24, 2.45) is 10.9 Å². The number of carbonyl (C=O) groups is 1. The van der Waals surface area contributed by atoms with Gasteiger partial charge in [-0.2, -0.15) is 0 Å². The van der Waals surface area contributed by atoms with Crippen molar-refractivity contribution in [2.45, 2.75) is 27.3 Å². The van der Waals surface area contributed by atoms with Gasteiger partial charge in [0, 0.05) is 31.7 Å². The number of amides is 1. The van der Waals surface area contributed by atoms with Gasteiger partial charge in [0.2, 0.25) is 0 Å². The number of nitrogens with one attached hydrogen (secondary N) is 3. The summed E-state index contributed by atoms with van der Waals surface area (Å²) in [5.74, 6) is 1.31. The summed E-state index contributed by atoms with van der Waals surface area (Å²) in [5, 5.41) is 9.49. The molecule has 0 aliphatic heterocycles. The summed E-state index contributed by atoms with van der Waals surface area (Å²) in [6.45, 7) is 10.1. The number of carbonyl (C=O) groups excluding carboxylic acids is 1. The van der Waals surface area contributed by atoms with Gasteiger partial charge >= 0.3 is 0 Å². The normalized spacial score (nSPS) is 11.7. The number of likely N-dealkylation sites (N-methyl/N-ethyl adjacent to an activating group) is 1. The van der Waals surface area contributed by atoms with Crippen LogP contribution >= 0.6 is 0 Å². The van der Waals surface area contributed by atoms with Gasteiger partial charge in [0.25, 0.3) is 5.91 Å². The van der Waals surface area contributed by atoms with Gasteiger partial charge in [-0.3, -0.25) is 4.79 Å². The fraction of sp³-hybridized carbons (Fsp3) is 0.579. The van der Waals surface area contributed by atoms with Gasteiger partial charge in [0.05, 0.1) is 6.54 Å². The number of nitrogens with zero attached hydrogens (tertiary/aromatic N) is 2. The second-order valence-electron chi connectivity index (χ2n) is 6.73. The van der Waals surface area contributed by atoms with Crippen molar-refractivity contribution in [3.63, 3.8) is 0 Å². The first-order valence-electron chi connectivity index (χ1n) is 8.96. The van der Waals surface area contributed by atoms with E-state index in [1.54, 1.807) is 0 Å². The van der Waals surface area contributed by atoms with E-state index in [-0.39, 0.29) is 5.91 Å². The molecule has 0 heterocycles. The molecule has 0 radical (unpaired) electrons. The zero-order valence-electron chi connectivity index (χ0n) is 16.2. The Bertz CT molecular complexity index is 555. The average Bonchev–Trinajstić information content (AvgIpc) is 2.57. The summed E-state index contributed by atoms with van der Waals surface area (Å²) in [6, 6.07) is 7.63. The minimum absolute atomic E-state index is 0.0440. The molecule has 0 atom stereocenters. The van der Waals surface area contributed by atoms with Crippen LogP contribution in [0.5, 0.6) is 0 Å². The Kier molecular flexibility index (Phi) is 9.62. The summed E-state index contributed by atoms with van der Waals surface area (Å²) < 4.78 is 0. The van der Waals surface area contributed by atoms with Crippen LogP contribution in [0.4, 0.5) is 0 Å². The van der Waals surface area contributed by atoms with Crippen molar-refractivity contribution < 1.29 is 4.79 Å². The maximum atomic E-state index is 12.2. The minimum atomic E-state index is -0.0440. The fourth-order valence-corrected chi connectivity index (χ4v) is 2.12. The highest BCUT2D eigenvalue weighted by Gasteiger charge is 2.06. The lowest BCUT2D eigenvalue weighted by atomic mass is 10.1. The maximum Gasteiger partial charge on any atom is 0.251 e. The highest BCUT2D eigenvalue weighted by atomic mass is 16.1. The second kappa shape index (κ2) is 11.5. The van der Waals surface area contributed by atoms with E-state index in [0.717, 1.165) is 31.2 Å². The van der Waals surface area contributed by atoms with Crippen LogP contribution in [0.25, 0.3) is 0 Å². The fourth-order valence-electron chi connectivity index (χ4n) is 2.12. The van der Waals surface area contributed by atoms with Crippen LogP contribution in [0, 0.1) is 5.92 Å². The quantitative estimate of drug-likeness (QED) is 0.470. The summed E-state index contributed by atoms with van der Waals surface area (Å²) in [5.41, 5.74) is 1.69. The monoisotopic (exact) mass is 347 g/mol. The summed E-state index contributed by atoms with van der Waals surface area (Å²) >= 11 is 0. The molecule has 0 aliphatic rings. The summed E-state index contributed by atoms with van der Waals surface area (Å²) in [7, 11) is 3.97. The van der Waals surface area contributed by atoms with Gasteiger partial charge in [-0.05, 0) is 44.6 Å². The van der Waals surface area contributed by atoms with Crippen molar-refractivity contribution >= 4 is 11.9 Å². The highest BCUT2D eigenvalue weighted by Crippen LogP contribution is 2.07. The van der Waals surface area contributed by atoms with Gasteiger partial charge in [0.1, 0.15) is 0 Å². The SMILES string of the molecule is CCNC(=NCc1cccc(C(=O)NCCN(C)C)c1)NCC(C)C. The Labute approximate surface area is 152 Å². The third-order valence-electron chi connectivity index (χ3n) is 3.48. The Hall–Kier alpha value is -2.08. The Morgan fingerprint density at radius 3 is 2.60 bits per heavy atom. The molecule has 0 aromatic heterocycles. The average molecular weight is 348 g/mol. The van der Waals surface area contributed by atoms with Gasteiger partial charge in [-0.25, -0.2) is 4.99 Å². The van der Waals surface area contributed by atoms with Crippen LogP contribution in [0.2, 0.25) is 0 Å². The number of rotatable bonds is 9. The Balaban J connectivity index is 2.66. The lowest BCUT2D eigenvalue weighted by Crippen LogP contribution is -2.39. The lowest BCUT2D eigenvalue weighted by molar-refractivity contribution is 0.0951. The minimum Gasteiger partial charge on any atom is -0.357 e. The molecule has 0 unspecified atom stereocenters. The first-order valence-corrected chi connectivity index (χ1v) is 8.96. The topological polar surface area (TPSA) is 68.8 Å². The van der Waals surface area contributed by atoms with Gasteiger partial charge in [-0.15, -0.1) is 0 Å². The van der Waals surface area contributed by atoms with Gasteiger partial charge in [0.15, 0.2) is 5.96 Å². The summed E-state index contributed by atoms with van der Waals surface area (Å²) in [4.78, 5) is 18.8. The molecular formula is C19H33N5O. The van der Waals surface area contributed by atoms with E-state index in [9.17, 15) is 4.79 Å². The van der Waals surface area contributed by atoms with Crippen LogP contribution in [0.1, 0.15) is 36.7 Å². The van der Waals surface area contributed by atoms with Crippen LogP contribution in [-0.4, -0.2) is 57.0 Å². The Morgan fingerprint density at radius 1 is 1.20 bits per heavy atom. The predicted molar refractivity (Wildman–Crippen MR) is 105 cm³/mol.